The van der Waals surface area contributed by atoms with Crippen molar-refractivity contribution in [3.8, 4) is 28.4 Å². The van der Waals surface area contributed by atoms with Crippen LogP contribution in [0.3, 0.4) is 0 Å². The molecule has 0 radical (unpaired) electrons. The highest BCUT2D eigenvalue weighted by atomic mass is 16.5. The van der Waals surface area contributed by atoms with Gasteiger partial charge < -0.3 is 16.2 Å². The number of anilines is 2. The van der Waals surface area contributed by atoms with E-state index < -0.39 is 0 Å². The summed E-state index contributed by atoms with van der Waals surface area (Å²) in [4.78, 5) is 9.21. The first-order valence-corrected chi connectivity index (χ1v) is 8.48. The molecule has 0 atom stereocenters. The topological polar surface area (TPSA) is 87.0 Å². The largest absolute Gasteiger partial charge is 0.497 e. The summed E-state index contributed by atoms with van der Waals surface area (Å²) < 4.78 is 5.31. The Hall–Kier alpha value is -3.08. The average molecular weight is 348 g/mol. The molecule has 5 nitrogen and oxygen atoms in total. The van der Waals surface area contributed by atoms with Gasteiger partial charge >= 0.3 is 0 Å². The van der Waals surface area contributed by atoms with E-state index in [0.29, 0.717) is 17.2 Å². The van der Waals surface area contributed by atoms with Crippen LogP contribution in [0, 0.1) is 0 Å². The number of hydrogen-bond donors (Lipinski definition) is 2. The number of rotatable bonds is 3. The van der Waals surface area contributed by atoms with Crippen LogP contribution < -0.4 is 16.2 Å². The van der Waals surface area contributed by atoms with Gasteiger partial charge in [-0.25, -0.2) is 9.97 Å². The van der Waals surface area contributed by atoms with Crippen LogP contribution in [0.5, 0.6) is 5.75 Å². The van der Waals surface area contributed by atoms with Crippen molar-refractivity contribution >= 4 is 11.5 Å². The highest BCUT2D eigenvalue weighted by Crippen LogP contribution is 2.35. The number of nitrogens with two attached hydrogens (primary N) is 2. The summed E-state index contributed by atoms with van der Waals surface area (Å²) >= 11 is 0. The van der Waals surface area contributed by atoms with Crippen LogP contribution in [0.2, 0.25) is 0 Å². The van der Waals surface area contributed by atoms with E-state index in [1.807, 2.05) is 42.5 Å². The Morgan fingerprint density at radius 3 is 2.35 bits per heavy atom. The smallest absolute Gasteiger partial charge is 0.162 e. The van der Waals surface area contributed by atoms with Gasteiger partial charge in [-0.1, -0.05) is 57.2 Å². The van der Waals surface area contributed by atoms with Gasteiger partial charge in [0.1, 0.15) is 11.4 Å². The first-order valence-electron chi connectivity index (χ1n) is 8.48. The van der Waals surface area contributed by atoms with Gasteiger partial charge in [-0.3, -0.25) is 0 Å². The summed E-state index contributed by atoms with van der Waals surface area (Å²) in [5.74, 6) is 1.58. The van der Waals surface area contributed by atoms with Crippen LogP contribution >= 0.6 is 0 Å². The van der Waals surface area contributed by atoms with Crippen LogP contribution in [0.1, 0.15) is 26.3 Å². The second-order valence-corrected chi connectivity index (χ2v) is 7.22. The molecule has 5 heteroatoms. The van der Waals surface area contributed by atoms with Gasteiger partial charge in [0.05, 0.1) is 12.8 Å². The predicted molar refractivity (Wildman–Crippen MR) is 107 cm³/mol. The normalized spacial score (nSPS) is 11.4. The summed E-state index contributed by atoms with van der Waals surface area (Å²) in [6.45, 7) is 6.49. The van der Waals surface area contributed by atoms with Crippen molar-refractivity contribution < 1.29 is 4.74 Å². The average Bonchev–Trinajstić information content (AvgIpc) is 2.63. The molecule has 26 heavy (non-hydrogen) atoms. The summed E-state index contributed by atoms with van der Waals surface area (Å²) in [6.07, 6.45) is 0. The van der Waals surface area contributed by atoms with Crippen molar-refractivity contribution in [1.82, 2.24) is 9.97 Å². The Kier molecular flexibility index (Phi) is 4.55. The second-order valence-electron chi connectivity index (χ2n) is 7.22. The quantitative estimate of drug-likeness (QED) is 0.737. The van der Waals surface area contributed by atoms with Crippen molar-refractivity contribution in [2.45, 2.75) is 26.2 Å². The first-order chi connectivity index (χ1) is 12.3. The number of aromatic nitrogens is 2. The van der Waals surface area contributed by atoms with Crippen molar-refractivity contribution in [3.63, 3.8) is 0 Å². The van der Waals surface area contributed by atoms with E-state index in [1.54, 1.807) is 7.11 Å². The summed E-state index contributed by atoms with van der Waals surface area (Å²) in [6, 6.07) is 15.7. The number of hydrogen-bond acceptors (Lipinski definition) is 5. The molecular formula is C21H24N4O. The minimum atomic E-state index is -0.0494. The zero-order chi connectivity index (χ0) is 18.9. The number of benzene rings is 2. The lowest BCUT2D eigenvalue weighted by atomic mass is 9.83. The minimum Gasteiger partial charge on any atom is -0.497 e. The summed E-state index contributed by atoms with van der Waals surface area (Å²) in [5.41, 5.74) is 16.2. The van der Waals surface area contributed by atoms with Gasteiger partial charge in [0.15, 0.2) is 11.6 Å². The Balaban J connectivity index is 2.22. The maximum atomic E-state index is 6.19. The molecule has 0 spiro atoms. The Morgan fingerprint density at radius 1 is 0.923 bits per heavy atom. The fourth-order valence-corrected chi connectivity index (χ4v) is 2.93. The van der Waals surface area contributed by atoms with Gasteiger partial charge in [0.2, 0.25) is 0 Å². The molecule has 3 rings (SSSR count). The van der Waals surface area contributed by atoms with Crippen LogP contribution in [0.25, 0.3) is 22.6 Å². The molecule has 0 fully saturated rings. The van der Waals surface area contributed by atoms with E-state index in [-0.39, 0.29) is 11.2 Å². The van der Waals surface area contributed by atoms with Crippen molar-refractivity contribution in [2.24, 2.45) is 0 Å². The third-order valence-electron chi connectivity index (χ3n) is 4.29. The third-order valence-corrected chi connectivity index (χ3v) is 4.29. The predicted octanol–water partition coefficient (Wildman–Crippen LogP) is 4.28. The van der Waals surface area contributed by atoms with Crippen LogP contribution in [-0.4, -0.2) is 17.1 Å². The maximum absolute atomic E-state index is 6.19. The highest BCUT2D eigenvalue weighted by Gasteiger charge is 2.21. The van der Waals surface area contributed by atoms with Crippen LogP contribution in [0.4, 0.5) is 11.5 Å². The van der Waals surface area contributed by atoms with Crippen LogP contribution in [0.15, 0.2) is 48.5 Å². The lowest BCUT2D eigenvalue weighted by molar-refractivity contribution is 0.415. The Morgan fingerprint density at radius 2 is 1.65 bits per heavy atom. The molecule has 0 saturated carbocycles. The maximum Gasteiger partial charge on any atom is 0.162 e. The zero-order valence-corrected chi connectivity index (χ0v) is 15.6. The molecule has 0 bridgehead atoms. The number of methoxy groups -OCH3 is 1. The fourth-order valence-electron chi connectivity index (χ4n) is 2.93. The van der Waals surface area contributed by atoms with E-state index in [9.17, 15) is 0 Å². The summed E-state index contributed by atoms with van der Waals surface area (Å²) in [7, 11) is 1.63. The summed E-state index contributed by atoms with van der Waals surface area (Å²) in [5, 5.41) is 0. The molecule has 0 unspecified atom stereocenters. The van der Waals surface area contributed by atoms with Crippen molar-refractivity contribution in [2.75, 3.05) is 18.6 Å². The second kappa shape index (κ2) is 6.67. The van der Waals surface area contributed by atoms with Gasteiger partial charge in [-0.15, -0.1) is 0 Å². The highest BCUT2D eigenvalue weighted by molar-refractivity contribution is 5.82. The molecule has 0 saturated heterocycles. The van der Waals surface area contributed by atoms with E-state index in [0.717, 1.165) is 22.4 Å². The molecule has 3 aromatic rings. The SMILES string of the molecule is COc1cccc(-c2nc(-c3ccccc3C(C)(C)C)nc(N)c2N)c1. The van der Waals surface area contributed by atoms with Gasteiger partial charge in [-0.2, -0.15) is 0 Å². The number of ether oxygens (including phenoxy) is 1. The molecule has 0 amide bonds. The zero-order valence-electron chi connectivity index (χ0n) is 15.6. The lowest BCUT2D eigenvalue weighted by Crippen LogP contribution is -2.14. The van der Waals surface area contributed by atoms with Crippen LogP contribution in [-0.2, 0) is 5.41 Å². The molecule has 0 aliphatic rings. The van der Waals surface area contributed by atoms with Gasteiger partial charge in [0.25, 0.3) is 0 Å². The molecular weight excluding hydrogens is 324 g/mol. The monoisotopic (exact) mass is 348 g/mol. The number of nitrogen functional groups attached to an aromatic ring is 2. The van der Waals surface area contributed by atoms with E-state index >= 15 is 0 Å². The molecule has 0 aliphatic carbocycles. The van der Waals surface area contributed by atoms with E-state index in [4.69, 9.17) is 21.2 Å². The lowest BCUT2D eigenvalue weighted by Gasteiger charge is -2.22. The first kappa shape index (κ1) is 17.7. The molecule has 1 aromatic heterocycles. The third kappa shape index (κ3) is 3.33. The Labute approximate surface area is 154 Å². The fraction of sp³-hybridized carbons (Fsp3) is 0.238. The molecule has 1 heterocycles. The molecule has 2 aromatic carbocycles. The molecule has 0 aliphatic heterocycles. The molecule has 4 N–H and O–H groups in total. The van der Waals surface area contributed by atoms with Gasteiger partial charge in [0, 0.05) is 11.1 Å². The van der Waals surface area contributed by atoms with E-state index in [2.05, 4.69) is 31.8 Å². The van der Waals surface area contributed by atoms with Gasteiger partial charge in [-0.05, 0) is 23.1 Å². The van der Waals surface area contributed by atoms with Crippen molar-refractivity contribution in [1.29, 1.82) is 0 Å². The molecule has 134 valence electrons. The van der Waals surface area contributed by atoms with Crippen molar-refractivity contribution in [3.05, 3.63) is 54.1 Å². The Bertz CT molecular complexity index is 945. The minimum absolute atomic E-state index is 0.0494. The standard InChI is InChI=1S/C21H24N4O/c1-21(2,3)16-11-6-5-10-15(16)20-24-18(17(22)19(23)25-20)13-8-7-9-14(12-13)26-4/h5-12H,22H2,1-4H3,(H2,23,24,25). The van der Waals surface area contributed by atoms with E-state index in [1.165, 1.54) is 0 Å². The number of nitrogens with zero attached hydrogens (tertiary/aromatic N) is 2.